The molecule has 0 radical (unpaired) electrons. The smallest absolute Gasteiger partial charge is 0.233 e. The number of carbonyl (C=O) groups is 1. The minimum Gasteiger partial charge on any atom is -0.374 e. The van der Waals surface area contributed by atoms with Crippen LogP contribution in [0.4, 0.5) is 0 Å². The molecule has 0 aromatic heterocycles. The number of benzene rings is 2. The molecule has 0 aliphatic carbocycles. The normalized spacial score (nSPS) is 19.0. The molecule has 5 heteroatoms. The van der Waals surface area contributed by atoms with Crippen LogP contribution in [-0.4, -0.2) is 48.4 Å². The van der Waals surface area contributed by atoms with Crippen molar-refractivity contribution in [3.05, 3.63) is 66.2 Å². The standard InChI is InChI=1S/C21H26N2O2S/c1-17(26-20-10-6-3-7-11-20)21(24)22-14-19-16-23(12-13-25-19)15-18-8-4-2-5-9-18/h2-11,17,19H,12-16H2,1H3,(H,22,24). The molecule has 2 atom stereocenters. The van der Waals surface area contributed by atoms with E-state index < -0.39 is 0 Å². The first-order valence-corrected chi connectivity index (χ1v) is 9.96. The SMILES string of the molecule is CC(Sc1ccccc1)C(=O)NCC1CN(Cc2ccccc2)CCO1. The molecule has 1 aliphatic heterocycles. The third-order valence-corrected chi connectivity index (χ3v) is 5.51. The lowest BCUT2D eigenvalue weighted by atomic mass is 10.2. The van der Waals surface area contributed by atoms with Crippen molar-refractivity contribution in [1.29, 1.82) is 0 Å². The third kappa shape index (κ3) is 5.87. The fourth-order valence-electron chi connectivity index (χ4n) is 3.00. The topological polar surface area (TPSA) is 41.6 Å². The molecule has 2 aromatic rings. The second-order valence-corrected chi connectivity index (χ2v) is 7.95. The van der Waals surface area contributed by atoms with Crippen LogP contribution in [0.2, 0.25) is 0 Å². The molecule has 4 nitrogen and oxygen atoms in total. The number of nitrogens with one attached hydrogen (secondary N) is 1. The van der Waals surface area contributed by atoms with E-state index in [0.29, 0.717) is 13.2 Å². The van der Waals surface area contributed by atoms with Crippen LogP contribution >= 0.6 is 11.8 Å². The Morgan fingerprint density at radius 3 is 2.62 bits per heavy atom. The predicted octanol–water partition coefficient (Wildman–Crippen LogP) is 3.18. The summed E-state index contributed by atoms with van der Waals surface area (Å²) >= 11 is 1.58. The molecule has 1 amide bonds. The van der Waals surface area contributed by atoms with Crippen LogP contribution in [0, 0.1) is 0 Å². The van der Waals surface area contributed by atoms with Gasteiger partial charge >= 0.3 is 0 Å². The summed E-state index contributed by atoms with van der Waals surface area (Å²) in [5.41, 5.74) is 1.31. The van der Waals surface area contributed by atoms with Gasteiger partial charge in [-0.05, 0) is 24.6 Å². The zero-order chi connectivity index (χ0) is 18.2. The molecule has 0 spiro atoms. The molecule has 2 unspecified atom stereocenters. The van der Waals surface area contributed by atoms with E-state index in [0.717, 1.165) is 24.5 Å². The molecule has 1 N–H and O–H groups in total. The Morgan fingerprint density at radius 2 is 1.88 bits per heavy atom. The molecule has 3 rings (SSSR count). The summed E-state index contributed by atoms with van der Waals surface area (Å²) in [6, 6.07) is 20.5. The summed E-state index contributed by atoms with van der Waals surface area (Å²) in [5, 5.41) is 2.92. The monoisotopic (exact) mass is 370 g/mol. The van der Waals surface area contributed by atoms with Gasteiger partial charge in [-0.2, -0.15) is 0 Å². The van der Waals surface area contributed by atoms with Gasteiger partial charge in [0.1, 0.15) is 0 Å². The summed E-state index contributed by atoms with van der Waals surface area (Å²) < 4.78 is 5.83. The highest BCUT2D eigenvalue weighted by atomic mass is 32.2. The maximum Gasteiger partial charge on any atom is 0.233 e. The first-order valence-electron chi connectivity index (χ1n) is 9.08. The highest BCUT2D eigenvalue weighted by Gasteiger charge is 2.22. The average Bonchev–Trinajstić information content (AvgIpc) is 2.68. The van der Waals surface area contributed by atoms with Gasteiger partial charge in [-0.25, -0.2) is 0 Å². The van der Waals surface area contributed by atoms with Crippen molar-refractivity contribution in [3.63, 3.8) is 0 Å². The van der Waals surface area contributed by atoms with E-state index in [4.69, 9.17) is 4.74 Å². The second-order valence-electron chi connectivity index (χ2n) is 6.53. The molecule has 1 saturated heterocycles. The van der Waals surface area contributed by atoms with Gasteiger partial charge in [-0.1, -0.05) is 48.5 Å². The molecule has 1 heterocycles. The van der Waals surface area contributed by atoms with Crippen LogP contribution in [0.5, 0.6) is 0 Å². The van der Waals surface area contributed by atoms with Gasteiger partial charge in [0.05, 0.1) is 18.0 Å². The maximum atomic E-state index is 12.4. The summed E-state index contributed by atoms with van der Waals surface area (Å²) in [7, 11) is 0. The van der Waals surface area contributed by atoms with Crippen LogP contribution < -0.4 is 5.32 Å². The lowest BCUT2D eigenvalue weighted by Gasteiger charge is -2.33. The van der Waals surface area contributed by atoms with E-state index in [-0.39, 0.29) is 17.3 Å². The number of hydrogen-bond acceptors (Lipinski definition) is 4. The molecular formula is C21H26N2O2S. The molecule has 1 aliphatic rings. The predicted molar refractivity (Wildman–Crippen MR) is 106 cm³/mol. The molecule has 2 aromatic carbocycles. The van der Waals surface area contributed by atoms with Gasteiger partial charge in [0.2, 0.25) is 5.91 Å². The maximum absolute atomic E-state index is 12.4. The minimum absolute atomic E-state index is 0.0466. The van der Waals surface area contributed by atoms with Gasteiger partial charge in [0, 0.05) is 31.1 Å². The number of morpholine rings is 1. The lowest BCUT2D eigenvalue weighted by molar-refractivity contribution is -0.121. The van der Waals surface area contributed by atoms with Crippen molar-refractivity contribution >= 4 is 17.7 Å². The molecular weight excluding hydrogens is 344 g/mol. The van der Waals surface area contributed by atoms with Gasteiger partial charge in [-0.3, -0.25) is 9.69 Å². The summed E-state index contributed by atoms with van der Waals surface area (Å²) in [4.78, 5) is 15.9. The number of amides is 1. The van der Waals surface area contributed by atoms with E-state index >= 15 is 0 Å². The third-order valence-electron chi connectivity index (χ3n) is 4.40. The number of carbonyl (C=O) groups excluding carboxylic acids is 1. The number of rotatable bonds is 7. The highest BCUT2D eigenvalue weighted by molar-refractivity contribution is 8.00. The van der Waals surface area contributed by atoms with E-state index in [9.17, 15) is 4.79 Å². The molecule has 0 saturated carbocycles. The van der Waals surface area contributed by atoms with Gasteiger partial charge in [-0.15, -0.1) is 11.8 Å². The van der Waals surface area contributed by atoms with Gasteiger partial charge in [0.15, 0.2) is 0 Å². The first-order chi connectivity index (χ1) is 12.7. The van der Waals surface area contributed by atoms with E-state index in [1.165, 1.54) is 5.56 Å². The largest absolute Gasteiger partial charge is 0.374 e. The summed E-state index contributed by atoms with van der Waals surface area (Å²) in [6.45, 7) is 5.91. The van der Waals surface area contributed by atoms with Crippen molar-refractivity contribution in [2.24, 2.45) is 0 Å². The second kappa shape index (κ2) is 9.76. The fraction of sp³-hybridized carbons (Fsp3) is 0.381. The molecule has 26 heavy (non-hydrogen) atoms. The highest BCUT2D eigenvalue weighted by Crippen LogP contribution is 2.22. The van der Waals surface area contributed by atoms with Crippen molar-refractivity contribution in [2.75, 3.05) is 26.2 Å². The Balaban J connectivity index is 1.42. The lowest BCUT2D eigenvalue weighted by Crippen LogP contribution is -2.48. The number of ether oxygens (including phenoxy) is 1. The van der Waals surface area contributed by atoms with Crippen molar-refractivity contribution in [2.45, 2.75) is 29.7 Å². The minimum atomic E-state index is -0.124. The van der Waals surface area contributed by atoms with Crippen molar-refractivity contribution in [1.82, 2.24) is 10.2 Å². The first kappa shape index (κ1) is 19.0. The zero-order valence-electron chi connectivity index (χ0n) is 15.1. The quantitative estimate of drug-likeness (QED) is 0.760. The molecule has 1 fully saturated rings. The fourth-order valence-corrected chi connectivity index (χ4v) is 3.92. The van der Waals surface area contributed by atoms with E-state index in [2.05, 4.69) is 34.5 Å². The number of hydrogen-bond donors (Lipinski definition) is 1. The zero-order valence-corrected chi connectivity index (χ0v) is 16.0. The van der Waals surface area contributed by atoms with E-state index in [1.54, 1.807) is 11.8 Å². The molecule has 138 valence electrons. The van der Waals surface area contributed by atoms with Crippen LogP contribution in [-0.2, 0) is 16.1 Å². The number of thioether (sulfide) groups is 1. The van der Waals surface area contributed by atoms with Crippen LogP contribution in [0.25, 0.3) is 0 Å². The Bertz CT molecular complexity index is 681. The van der Waals surface area contributed by atoms with Crippen LogP contribution in [0.15, 0.2) is 65.6 Å². The Hall–Kier alpha value is -1.82. The summed E-state index contributed by atoms with van der Waals surface area (Å²) in [5.74, 6) is 0.0580. The van der Waals surface area contributed by atoms with Gasteiger partial charge in [0.25, 0.3) is 0 Å². The Kier molecular flexibility index (Phi) is 7.12. The van der Waals surface area contributed by atoms with Gasteiger partial charge < -0.3 is 10.1 Å². The summed E-state index contributed by atoms with van der Waals surface area (Å²) in [6.07, 6.45) is 0.0466. The number of nitrogens with zero attached hydrogens (tertiary/aromatic N) is 1. The van der Waals surface area contributed by atoms with Crippen molar-refractivity contribution < 1.29 is 9.53 Å². The average molecular weight is 371 g/mol. The van der Waals surface area contributed by atoms with Crippen LogP contribution in [0.1, 0.15) is 12.5 Å². The van der Waals surface area contributed by atoms with E-state index in [1.807, 2.05) is 43.3 Å². The molecule has 0 bridgehead atoms. The Labute approximate surface area is 159 Å². The van der Waals surface area contributed by atoms with Crippen molar-refractivity contribution in [3.8, 4) is 0 Å². The Morgan fingerprint density at radius 1 is 1.19 bits per heavy atom. The van der Waals surface area contributed by atoms with Crippen LogP contribution in [0.3, 0.4) is 0 Å².